The highest BCUT2D eigenvalue weighted by molar-refractivity contribution is 9.10. The summed E-state index contributed by atoms with van der Waals surface area (Å²) in [4.78, 5) is 27.6. The van der Waals surface area contributed by atoms with Crippen LogP contribution >= 0.6 is 15.9 Å². The van der Waals surface area contributed by atoms with Crippen molar-refractivity contribution in [1.82, 2.24) is 10.3 Å². The zero-order valence-corrected chi connectivity index (χ0v) is 12.8. The Morgan fingerprint density at radius 1 is 1.47 bits per heavy atom. The fraction of sp³-hybridized carbons (Fsp3) is 0.462. The number of amides is 2. The molecule has 0 aromatic carbocycles. The number of nitrogens with one attached hydrogen (secondary N) is 1. The van der Waals surface area contributed by atoms with Gasteiger partial charge in [0.2, 0.25) is 5.91 Å². The highest BCUT2D eigenvalue weighted by Gasteiger charge is 2.33. The first-order valence-electron chi connectivity index (χ1n) is 5.97. The Labute approximate surface area is 121 Å². The molecule has 0 aliphatic heterocycles. The van der Waals surface area contributed by atoms with Gasteiger partial charge >= 0.3 is 0 Å². The van der Waals surface area contributed by atoms with Gasteiger partial charge in [0.25, 0.3) is 5.91 Å². The monoisotopic (exact) mass is 327 g/mol. The van der Waals surface area contributed by atoms with Crippen molar-refractivity contribution in [1.29, 1.82) is 0 Å². The summed E-state index contributed by atoms with van der Waals surface area (Å²) in [5.74, 6) is -0.674. The molecule has 104 valence electrons. The number of hydrogen-bond acceptors (Lipinski definition) is 3. The van der Waals surface area contributed by atoms with Crippen LogP contribution in [0.2, 0.25) is 0 Å². The lowest BCUT2D eigenvalue weighted by atomic mass is 9.89. The van der Waals surface area contributed by atoms with Crippen molar-refractivity contribution in [3.63, 3.8) is 0 Å². The van der Waals surface area contributed by atoms with Crippen molar-refractivity contribution < 1.29 is 9.59 Å². The molecular formula is C13H18BrN3O2. The fourth-order valence-corrected chi connectivity index (χ4v) is 2.25. The molecule has 6 heteroatoms. The Morgan fingerprint density at radius 3 is 2.58 bits per heavy atom. The van der Waals surface area contributed by atoms with Gasteiger partial charge in [-0.15, -0.1) is 0 Å². The average Bonchev–Trinajstić information content (AvgIpc) is 2.27. The van der Waals surface area contributed by atoms with Gasteiger partial charge in [0.15, 0.2) is 0 Å². The Balaban J connectivity index is 2.91. The zero-order valence-electron chi connectivity index (χ0n) is 11.2. The number of carbonyl (C=O) groups excluding carboxylic acids is 2. The van der Waals surface area contributed by atoms with Crippen LogP contribution in [0.25, 0.3) is 0 Å². The zero-order chi connectivity index (χ0) is 14.6. The lowest BCUT2D eigenvalue weighted by molar-refractivity contribution is -0.124. The van der Waals surface area contributed by atoms with E-state index in [1.54, 1.807) is 19.2 Å². The van der Waals surface area contributed by atoms with Crippen molar-refractivity contribution in [3.05, 3.63) is 28.5 Å². The lowest BCUT2D eigenvalue weighted by Gasteiger charge is -2.29. The maximum Gasteiger partial charge on any atom is 0.253 e. The Morgan fingerprint density at radius 2 is 2.11 bits per heavy atom. The largest absolute Gasteiger partial charge is 0.368 e. The number of rotatable bonds is 5. The molecule has 1 unspecified atom stereocenters. The highest BCUT2D eigenvalue weighted by Crippen LogP contribution is 2.17. The number of nitrogens with two attached hydrogens (primary N) is 1. The van der Waals surface area contributed by atoms with Gasteiger partial charge in [-0.2, -0.15) is 0 Å². The molecule has 1 heterocycles. The van der Waals surface area contributed by atoms with Crippen LogP contribution in [0.5, 0.6) is 0 Å². The molecule has 0 saturated heterocycles. The van der Waals surface area contributed by atoms with Crippen LogP contribution in [0.15, 0.2) is 22.9 Å². The summed E-state index contributed by atoms with van der Waals surface area (Å²) in [6.45, 7) is 5.57. The molecule has 0 radical (unpaired) electrons. The minimum Gasteiger partial charge on any atom is -0.368 e. The van der Waals surface area contributed by atoms with Crippen molar-refractivity contribution in [2.75, 3.05) is 0 Å². The van der Waals surface area contributed by atoms with Crippen LogP contribution in [0.1, 0.15) is 37.6 Å². The Bertz CT molecular complexity index is 491. The van der Waals surface area contributed by atoms with Gasteiger partial charge in [-0.3, -0.25) is 14.6 Å². The van der Waals surface area contributed by atoms with Gasteiger partial charge in [-0.05, 0) is 41.3 Å². The van der Waals surface area contributed by atoms with E-state index in [1.165, 1.54) is 6.20 Å². The highest BCUT2D eigenvalue weighted by atomic mass is 79.9. The molecule has 1 atom stereocenters. The summed E-state index contributed by atoms with van der Waals surface area (Å²) in [6, 6.07) is 1.64. The van der Waals surface area contributed by atoms with E-state index >= 15 is 0 Å². The van der Waals surface area contributed by atoms with E-state index in [1.807, 2.05) is 13.8 Å². The van der Waals surface area contributed by atoms with Crippen LogP contribution in [-0.2, 0) is 4.79 Å². The molecule has 1 aromatic heterocycles. The van der Waals surface area contributed by atoms with E-state index in [0.717, 1.165) is 0 Å². The summed E-state index contributed by atoms with van der Waals surface area (Å²) in [5.41, 5.74) is 4.72. The first-order valence-corrected chi connectivity index (χ1v) is 6.77. The predicted octanol–water partition coefficient (Wildman–Crippen LogP) is 1.86. The predicted molar refractivity (Wildman–Crippen MR) is 76.5 cm³/mol. The number of nitrogens with zero attached hydrogens (tertiary/aromatic N) is 1. The number of halogens is 1. The van der Waals surface area contributed by atoms with Gasteiger partial charge in [0, 0.05) is 16.9 Å². The number of hydrogen-bond donors (Lipinski definition) is 2. The van der Waals surface area contributed by atoms with Gasteiger partial charge in [0.05, 0.1) is 5.56 Å². The first kappa shape index (κ1) is 15.6. The van der Waals surface area contributed by atoms with Gasteiger partial charge in [-0.1, -0.05) is 13.8 Å². The molecule has 0 aliphatic rings. The molecule has 1 rings (SSSR count). The second kappa shape index (κ2) is 6.14. The summed E-state index contributed by atoms with van der Waals surface area (Å²) in [7, 11) is 0. The SMILES string of the molecule is CC(C)CC(C)(NC(=O)c1cncc(Br)c1)C(N)=O. The molecule has 5 nitrogen and oxygen atoms in total. The van der Waals surface area contributed by atoms with Crippen molar-refractivity contribution in [2.24, 2.45) is 11.7 Å². The van der Waals surface area contributed by atoms with E-state index in [4.69, 9.17) is 5.73 Å². The minimum absolute atomic E-state index is 0.235. The van der Waals surface area contributed by atoms with E-state index in [0.29, 0.717) is 16.5 Å². The Kier molecular flexibility index (Phi) is 5.05. The third-order valence-corrected chi connectivity index (χ3v) is 3.15. The van der Waals surface area contributed by atoms with Crippen molar-refractivity contribution in [2.45, 2.75) is 32.7 Å². The average molecular weight is 328 g/mol. The minimum atomic E-state index is -1.06. The second-order valence-corrected chi connectivity index (χ2v) is 6.06. The molecule has 2 amide bonds. The van der Waals surface area contributed by atoms with Crippen molar-refractivity contribution in [3.8, 4) is 0 Å². The maximum atomic E-state index is 12.1. The molecule has 0 saturated carbocycles. The van der Waals surface area contributed by atoms with Crippen LogP contribution in [-0.4, -0.2) is 22.3 Å². The summed E-state index contributed by atoms with van der Waals surface area (Å²) >= 11 is 3.25. The quantitative estimate of drug-likeness (QED) is 0.865. The lowest BCUT2D eigenvalue weighted by Crippen LogP contribution is -2.56. The third-order valence-electron chi connectivity index (χ3n) is 2.72. The Hall–Kier alpha value is -1.43. The van der Waals surface area contributed by atoms with Crippen LogP contribution in [0.4, 0.5) is 0 Å². The standard InChI is InChI=1S/C13H18BrN3O2/c1-8(2)5-13(3,12(15)19)17-11(18)9-4-10(14)7-16-6-9/h4,6-8H,5H2,1-3H3,(H2,15,19)(H,17,18). The topological polar surface area (TPSA) is 85.1 Å². The van der Waals surface area contributed by atoms with Gasteiger partial charge in [0.1, 0.15) is 5.54 Å². The number of pyridine rings is 1. The molecular weight excluding hydrogens is 310 g/mol. The molecule has 0 fully saturated rings. The maximum absolute atomic E-state index is 12.1. The van der Waals surface area contributed by atoms with Gasteiger partial charge < -0.3 is 11.1 Å². The number of aromatic nitrogens is 1. The number of primary amides is 1. The van der Waals surface area contributed by atoms with E-state index < -0.39 is 11.4 Å². The normalized spacial score (nSPS) is 13.9. The molecule has 0 bridgehead atoms. The summed E-state index contributed by atoms with van der Waals surface area (Å²) in [5, 5.41) is 2.69. The number of carbonyl (C=O) groups is 2. The van der Waals surface area contributed by atoms with Crippen LogP contribution in [0, 0.1) is 5.92 Å². The smallest absolute Gasteiger partial charge is 0.253 e. The first-order chi connectivity index (χ1) is 8.74. The van der Waals surface area contributed by atoms with E-state index in [-0.39, 0.29) is 11.8 Å². The third kappa shape index (κ3) is 4.31. The molecule has 1 aromatic rings. The van der Waals surface area contributed by atoms with Crippen LogP contribution < -0.4 is 11.1 Å². The van der Waals surface area contributed by atoms with Crippen LogP contribution in [0.3, 0.4) is 0 Å². The van der Waals surface area contributed by atoms with Gasteiger partial charge in [-0.25, -0.2) is 0 Å². The molecule has 0 aliphatic carbocycles. The van der Waals surface area contributed by atoms with E-state index in [9.17, 15) is 9.59 Å². The fourth-order valence-electron chi connectivity index (χ4n) is 1.89. The van der Waals surface area contributed by atoms with Crippen molar-refractivity contribution >= 4 is 27.7 Å². The summed E-state index contributed by atoms with van der Waals surface area (Å²) in [6.07, 6.45) is 3.50. The molecule has 3 N–H and O–H groups in total. The summed E-state index contributed by atoms with van der Waals surface area (Å²) < 4.78 is 0.699. The van der Waals surface area contributed by atoms with E-state index in [2.05, 4.69) is 26.2 Å². The molecule has 0 spiro atoms. The second-order valence-electron chi connectivity index (χ2n) is 5.14. The molecule has 19 heavy (non-hydrogen) atoms.